The lowest BCUT2D eigenvalue weighted by atomic mass is 10.0. The fourth-order valence-electron chi connectivity index (χ4n) is 3.33. The number of hydrogen-bond donors (Lipinski definition) is 2. The topological polar surface area (TPSA) is 66.9 Å². The standard InChI is InChI=1S/C24H19F2N3O2/c1-2-21(30)27-17-12-10-15(11-13-17)22-23(19-8-3-4-9-20(19)26)28-29(24(22)31)18-7-5-6-16(25)14-18/h3-14,28H,2H2,1H3,(H,27,30). The first-order valence-corrected chi connectivity index (χ1v) is 9.74. The fourth-order valence-corrected chi connectivity index (χ4v) is 3.33. The molecule has 0 saturated heterocycles. The van der Waals surface area contributed by atoms with E-state index in [-0.39, 0.29) is 22.7 Å². The van der Waals surface area contributed by atoms with Crippen LogP contribution in [-0.2, 0) is 4.79 Å². The number of carbonyl (C=O) groups is 1. The molecule has 2 N–H and O–H groups in total. The lowest BCUT2D eigenvalue weighted by Crippen LogP contribution is -2.15. The van der Waals surface area contributed by atoms with Crippen LogP contribution in [0, 0.1) is 11.6 Å². The van der Waals surface area contributed by atoms with Gasteiger partial charge in [-0.05, 0) is 48.0 Å². The van der Waals surface area contributed by atoms with Gasteiger partial charge in [0.25, 0.3) is 5.56 Å². The maximum absolute atomic E-state index is 14.6. The van der Waals surface area contributed by atoms with E-state index in [1.807, 2.05) is 0 Å². The largest absolute Gasteiger partial charge is 0.326 e. The molecule has 0 fully saturated rings. The molecule has 7 heteroatoms. The Morgan fingerprint density at radius 1 is 1.00 bits per heavy atom. The second-order valence-corrected chi connectivity index (χ2v) is 6.94. The second-order valence-electron chi connectivity index (χ2n) is 6.94. The van der Waals surface area contributed by atoms with Crippen molar-refractivity contribution in [1.29, 1.82) is 0 Å². The summed E-state index contributed by atoms with van der Waals surface area (Å²) >= 11 is 0. The van der Waals surface area contributed by atoms with Crippen LogP contribution < -0.4 is 10.9 Å². The Kier molecular flexibility index (Phi) is 5.49. The van der Waals surface area contributed by atoms with Gasteiger partial charge in [-0.15, -0.1) is 0 Å². The highest BCUT2D eigenvalue weighted by Gasteiger charge is 2.20. The first kappa shape index (κ1) is 20.3. The summed E-state index contributed by atoms with van der Waals surface area (Å²) in [6, 6.07) is 18.4. The predicted octanol–water partition coefficient (Wildman–Crippen LogP) is 5.13. The monoisotopic (exact) mass is 419 g/mol. The van der Waals surface area contributed by atoms with Gasteiger partial charge >= 0.3 is 0 Å². The Bertz CT molecular complexity index is 1310. The predicted molar refractivity (Wildman–Crippen MR) is 116 cm³/mol. The van der Waals surface area contributed by atoms with E-state index >= 15 is 0 Å². The van der Waals surface area contributed by atoms with Crippen molar-refractivity contribution >= 4 is 11.6 Å². The van der Waals surface area contributed by atoms with Gasteiger partial charge in [0.1, 0.15) is 11.6 Å². The van der Waals surface area contributed by atoms with Gasteiger partial charge in [0, 0.05) is 17.7 Å². The second kappa shape index (κ2) is 8.39. The van der Waals surface area contributed by atoms with Crippen molar-refractivity contribution in [3.05, 3.63) is 94.8 Å². The Morgan fingerprint density at radius 3 is 2.42 bits per heavy atom. The molecule has 0 aliphatic carbocycles. The van der Waals surface area contributed by atoms with Crippen molar-refractivity contribution < 1.29 is 13.6 Å². The molecule has 31 heavy (non-hydrogen) atoms. The van der Waals surface area contributed by atoms with Crippen molar-refractivity contribution in [1.82, 2.24) is 9.78 Å². The third kappa shape index (κ3) is 4.02. The minimum atomic E-state index is -0.497. The number of aromatic nitrogens is 2. The normalized spacial score (nSPS) is 10.8. The first-order valence-electron chi connectivity index (χ1n) is 9.74. The summed E-state index contributed by atoms with van der Waals surface area (Å²) in [7, 11) is 0. The lowest BCUT2D eigenvalue weighted by Gasteiger charge is -2.07. The van der Waals surface area contributed by atoms with Crippen LogP contribution in [0.25, 0.3) is 28.1 Å². The molecule has 4 aromatic rings. The first-order chi connectivity index (χ1) is 15.0. The molecule has 0 aliphatic rings. The maximum atomic E-state index is 14.6. The summed E-state index contributed by atoms with van der Waals surface area (Å²) in [4.78, 5) is 24.9. The number of H-pyrrole nitrogens is 1. The highest BCUT2D eigenvalue weighted by molar-refractivity contribution is 5.91. The molecule has 0 bridgehead atoms. The van der Waals surface area contributed by atoms with Crippen molar-refractivity contribution in [2.24, 2.45) is 0 Å². The molecular formula is C24H19F2N3O2. The van der Waals surface area contributed by atoms with Gasteiger partial charge in [0.15, 0.2) is 0 Å². The molecule has 1 heterocycles. The molecule has 3 aromatic carbocycles. The van der Waals surface area contributed by atoms with E-state index in [1.165, 1.54) is 28.9 Å². The number of anilines is 1. The number of amides is 1. The van der Waals surface area contributed by atoms with Gasteiger partial charge in [-0.2, -0.15) is 0 Å². The Hall–Kier alpha value is -4.00. The molecule has 0 atom stereocenters. The van der Waals surface area contributed by atoms with Gasteiger partial charge in [-0.3, -0.25) is 14.7 Å². The van der Waals surface area contributed by atoms with Crippen molar-refractivity contribution in [2.75, 3.05) is 5.32 Å². The van der Waals surface area contributed by atoms with Gasteiger partial charge < -0.3 is 5.32 Å². The maximum Gasteiger partial charge on any atom is 0.279 e. The summed E-state index contributed by atoms with van der Waals surface area (Å²) in [6.07, 6.45) is 0.343. The number of aromatic amines is 1. The number of benzene rings is 3. The zero-order valence-electron chi connectivity index (χ0n) is 16.7. The molecule has 0 spiro atoms. The number of nitrogens with zero attached hydrogens (tertiary/aromatic N) is 1. The molecule has 0 radical (unpaired) electrons. The molecular weight excluding hydrogens is 400 g/mol. The number of rotatable bonds is 5. The highest BCUT2D eigenvalue weighted by Crippen LogP contribution is 2.31. The number of carbonyl (C=O) groups excluding carboxylic acids is 1. The van der Waals surface area contributed by atoms with Crippen LogP contribution in [0.2, 0.25) is 0 Å². The van der Waals surface area contributed by atoms with Gasteiger partial charge in [0.05, 0.1) is 16.9 Å². The molecule has 5 nitrogen and oxygen atoms in total. The van der Waals surface area contributed by atoms with Crippen molar-refractivity contribution in [3.8, 4) is 28.1 Å². The molecule has 1 aromatic heterocycles. The Balaban J connectivity index is 1.89. The molecule has 156 valence electrons. The van der Waals surface area contributed by atoms with Crippen LogP contribution in [0.5, 0.6) is 0 Å². The molecule has 0 unspecified atom stereocenters. The molecule has 0 aliphatic heterocycles. The third-order valence-corrected chi connectivity index (χ3v) is 4.88. The summed E-state index contributed by atoms with van der Waals surface area (Å²) in [5.74, 6) is -1.12. The van der Waals surface area contributed by atoms with Crippen LogP contribution in [0.1, 0.15) is 13.3 Å². The highest BCUT2D eigenvalue weighted by atomic mass is 19.1. The van der Waals surface area contributed by atoms with Gasteiger partial charge in [0.2, 0.25) is 5.91 Å². The van der Waals surface area contributed by atoms with Crippen LogP contribution in [0.15, 0.2) is 77.6 Å². The van der Waals surface area contributed by atoms with Crippen molar-refractivity contribution in [2.45, 2.75) is 13.3 Å². The van der Waals surface area contributed by atoms with Gasteiger partial charge in [-0.1, -0.05) is 37.3 Å². The number of hydrogen-bond acceptors (Lipinski definition) is 2. The minimum Gasteiger partial charge on any atom is -0.326 e. The zero-order valence-corrected chi connectivity index (χ0v) is 16.7. The smallest absolute Gasteiger partial charge is 0.279 e. The fraction of sp³-hybridized carbons (Fsp3) is 0.0833. The van der Waals surface area contributed by atoms with Crippen LogP contribution in [-0.4, -0.2) is 15.7 Å². The SMILES string of the molecule is CCC(=O)Nc1ccc(-c2c(-c3ccccc3F)[nH]n(-c3cccc(F)c3)c2=O)cc1. The average molecular weight is 419 g/mol. The number of halogens is 2. The lowest BCUT2D eigenvalue weighted by molar-refractivity contribution is -0.115. The zero-order chi connectivity index (χ0) is 22.0. The van der Waals surface area contributed by atoms with Gasteiger partial charge in [-0.25, -0.2) is 13.5 Å². The Morgan fingerprint density at radius 2 is 1.74 bits per heavy atom. The third-order valence-electron chi connectivity index (χ3n) is 4.88. The number of nitrogens with one attached hydrogen (secondary N) is 2. The van der Waals surface area contributed by atoms with E-state index in [1.54, 1.807) is 55.5 Å². The minimum absolute atomic E-state index is 0.130. The van der Waals surface area contributed by atoms with E-state index < -0.39 is 17.2 Å². The molecule has 1 amide bonds. The van der Waals surface area contributed by atoms with Crippen molar-refractivity contribution in [3.63, 3.8) is 0 Å². The summed E-state index contributed by atoms with van der Waals surface area (Å²) in [5.41, 5.74) is 1.69. The van der Waals surface area contributed by atoms with E-state index in [0.29, 0.717) is 23.4 Å². The van der Waals surface area contributed by atoms with E-state index in [0.717, 1.165) is 0 Å². The van der Waals surface area contributed by atoms with E-state index in [2.05, 4.69) is 10.4 Å². The summed E-state index contributed by atoms with van der Waals surface area (Å²) in [6.45, 7) is 1.75. The molecule has 4 rings (SSSR count). The Labute approximate surface area is 177 Å². The van der Waals surface area contributed by atoms with Crippen LogP contribution in [0.4, 0.5) is 14.5 Å². The summed E-state index contributed by atoms with van der Waals surface area (Å²) in [5, 5.41) is 5.68. The summed E-state index contributed by atoms with van der Waals surface area (Å²) < 4.78 is 29.5. The average Bonchev–Trinajstić information content (AvgIpc) is 3.11. The van der Waals surface area contributed by atoms with Crippen LogP contribution in [0.3, 0.4) is 0 Å². The van der Waals surface area contributed by atoms with E-state index in [9.17, 15) is 18.4 Å². The van der Waals surface area contributed by atoms with E-state index in [4.69, 9.17) is 0 Å². The quantitative estimate of drug-likeness (QED) is 0.471. The van der Waals surface area contributed by atoms with Crippen LogP contribution >= 0.6 is 0 Å². The molecule has 0 saturated carbocycles.